The van der Waals surface area contributed by atoms with Crippen molar-refractivity contribution in [2.45, 2.75) is 33.2 Å². The van der Waals surface area contributed by atoms with Gasteiger partial charge in [0.05, 0.1) is 18.4 Å². The molecule has 0 aliphatic rings. The molecule has 1 aromatic heterocycles. The van der Waals surface area contributed by atoms with Crippen LogP contribution < -0.4 is 11.1 Å². The Morgan fingerprint density at radius 3 is 2.71 bits per heavy atom. The SMILES string of the molecule is CCCNCc1ncc(-c2ccc(O)cc2CC)[nH]1.CN. The first-order chi connectivity index (χ1) is 10.2. The van der Waals surface area contributed by atoms with E-state index in [1.807, 2.05) is 18.3 Å². The number of nitrogens with zero attached hydrogens (tertiary/aromatic N) is 1. The Hall–Kier alpha value is -1.85. The van der Waals surface area contributed by atoms with Crippen LogP contribution in [0, 0.1) is 0 Å². The number of nitrogens with two attached hydrogens (primary N) is 1. The van der Waals surface area contributed by atoms with Gasteiger partial charge in [-0.05, 0) is 50.2 Å². The molecule has 1 heterocycles. The highest BCUT2D eigenvalue weighted by Gasteiger charge is 2.08. The van der Waals surface area contributed by atoms with Crippen molar-refractivity contribution in [3.05, 3.63) is 35.8 Å². The molecule has 2 aromatic rings. The molecule has 0 saturated carbocycles. The van der Waals surface area contributed by atoms with Crippen molar-refractivity contribution in [3.8, 4) is 17.0 Å². The zero-order valence-corrected chi connectivity index (χ0v) is 13.1. The summed E-state index contributed by atoms with van der Waals surface area (Å²) in [6.07, 6.45) is 3.85. The van der Waals surface area contributed by atoms with Crippen molar-refractivity contribution in [1.29, 1.82) is 0 Å². The van der Waals surface area contributed by atoms with Gasteiger partial charge < -0.3 is 21.1 Å². The largest absolute Gasteiger partial charge is 0.508 e. The number of phenolic OH excluding ortho intramolecular Hbond substituents is 1. The fraction of sp³-hybridized carbons (Fsp3) is 0.438. The van der Waals surface area contributed by atoms with Crippen LogP contribution in [-0.2, 0) is 13.0 Å². The first-order valence-electron chi connectivity index (χ1n) is 7.39. The Morgan fingerprint density at radius 1 is 1.29 bits per heavy atom. The van der Waals surface area contributed by atoms with Crippen LogP contribution in [-0.4, -0.2) is 28.7 Å². The number of nitrogens with one attached hydrogen (secondary N) is 2. The van der Waals surface area contributed by atoms with Gasteiger partial charge in [-0.1, -0.05) is 13.8 Å². The number of rotatable bonds is 6. The van der Waals surface area contributed by atoms with E-state index in [1.165, 1.54) is 7.05 Å². The number of hydrogen-bond donors (Lipinski definition) is 4. The molecular weight excluding hydrogens is 264 g/mol. The number of aromatic amines is 1. The second-order valence-corrected chi connectivity index (χ2v) is 4.62. The minimum absolute atomic E-state index is 0.310. The van der Waals surface area contributed by atoms with Gasteiger partial charge in [0, 0.05) is 5.56 Å². The molecule has 0 saturated heterocycles. The summed E-state index contributed by atoms with van der Waals surface area (Å²) in [6, 6.07) is 5.46. The molecule has 0 spiro atoms. The first kappa shape index (κ1) is 17.2. The molecule has 0 atom stereocenters. The Balaban J connectivity index is 0.00000106. The summed E-state index contributed by atoms with van der Waals surface area (Å²) < 4.78 is 0. The number of aromatic hydroxyl groups is 1. The van der Waals surface area contributed by atoms with Crippen molar-refractivity contribution in [2.24, 2.45) is 5.73 Å². The molecule has 5 heteroatoms. The normalized spacial score (nSPS) is 10.1. The maximum atomic E-state index is 9.53. The van der Waals surface area contributed by atoms with Crippen LogP contribution in [0.3, 0.4) is 0 Å². The number of aryl methyl sites for hydroxylation is 1. The fourth-order valence-corrected chi connectivity index (χ4v) is 2.11. The minimum Gasteiger partial charge on any atom is -0.508 e. The maximum Gasteiger partial charge on any atom is 0.120 e. The van der Waals surface area contributed by atoms with Crippen LogP contribution in [0.4, 0.5) is 0 Å². The van der Waals surface area contributed by atoms with E-state index in [-0.39, 0.29) is 0 Å². The molecule has 21 heavy (non-hydrogen) atoms. The zero-order valence-electron chi connectivity index (χ0n) is 13.1. The molecule has 5 N–H and O–H groups in total. The second-order valence-electron chi connectivity index (χ2n) is 4.62. The van der Waals surface area contributed by atoms with Crippen LogP contribution in [0.1, 0.15) is 31.7 Å². The van der Waals surface area contributed by atoms with Crippen LogP contribution in [0.2, 0.25) is 0 Å². The Morgan fingerprint density at radius 2 is 2.05 bits per heavy atom. The third-order valence-corrected chi connectivity index (χ3v) is 3.11. The third-order valence-electron chi connectivity index (χ3n) is 3.11. The van der Waals surface area contributed by atoms with Gasteiger partial charge in [0.2, 0.25) is 0 Å². The van der Waals surface area contributed by atoms with Gasteiger partial charge in [0.15, 0.2) is 0 Å². The van der Waals surface area contributed by atoms with Gasteiger partial charge >= 0.3 is 0 Å². The van der Waals surface area contributed by atoms with Gasteiger partial charge in [0.1, 0.15) is 11.6 Å². The average molecular weight is 290 g/mol. The number of aromatic nitrogens is 2. The monoisotopic (exact) mass is 290 g/mol. The summed E-state index contributed by atoms with van der Waals surface area (Å²) in [5.74, 6) is 1.25. The molecule has 0 aliphatic carbocycles. The predicted octanol–water partition coefficient (Wildman–Crippen LogP) is 2.42. The minimum atomic E-state index is 0.310. The zero-order chi connectivity index (χ0) is 15.7. The quantitative estimate of drug-likeness (QED) is 0.615. The molecule has 0 bridgehead atoms. The number of hydrogen-bond acceptors (Lipinski definition) is 4. The topological polar surface area (TPSA) is 87.0 Å². The summed E-state index contributed by atoms with van der Waals surface area (Å²) in [4.78, 5) is 7.71. The van der Waals surface area contributed by atoms with E-state index in [2.05, 4.69) is 34.9 Å². The van der Waals surface area contributed by atoms with Gasteiger partial charge in [-0.3, -0.25) is 0 Å². The van der Waals surface area contributed by atoms with Crippen LogP contribution in [0.15, 0.2) is 24.4 Å². The smallest absolute Gasteiger partial charge is 0.120 e. The van der Waals surface area contributed by atoms with Crippen molar-refractivity contribution >= 4 is 0 Å². The summed E-state index contributed by atoms with van der Waals surface area (Å²) in [6.45, 7) is 5.98. The third kappa shape index (κ3) is 4.88. The average Bonchev–Trinajstić information content (AvgIpc) is 2.98. The van der Waals surface area contributed by atoms with E-state index >= 15 is 0 Å². The van der Waals surface area contributed by atoms with E-state index in [1.54, 1.807) is 6.07 Å². The van der Waals surface area contributed by atoms with Crippen molar-refractivity contribution in [2.75, 3.05) is 13.6 Å². The van der Waals surface area contributed by atoms with Gasteiger partial charge in [0.25, 0.3) is 0 Å². The molecular formula is C16H26N4O. The highest BCUT2D eigenvalue weighted by atomic mass is 16.3. The summed E-state index contributed by atoms with van der Waals surface area (Å²) in [5.41, 5.74) is 7.73. The molecule has 1 aromatic carbocycles. The molecule has 5 nitrogen and oxygen atoms in total. The molecule has 2 rings (SSSR count). The van der Waals surface area contributed by atoms with Gasteiger partial charge in [-0.15, -0.1) is 0 Å². The van der Waals surface area contributed by atoms with Crippen LogP contribution >= 0.6 is 0 Å². The lowest BCUT2D eigenvalue weighted by atomic mass is 10.0. The first-order valence-corrected chi connectivity index (χ1v) is 7.39. The Kier molecular flexibility index (Phi) is 7.50. The van der Waals surface area contributed by atoms with Crippen molar-refractivity contribution < 1.29 is 5.11 Å². The molecule has 0 fully saturated rings. The fourth-order valence-electron chi connectivity index (χ4n) is 2.11. The lowest BCUT2D eigenvalue weighted by molar-refractivity contribution is 0.474. The Bertz CT molecular complexity index is 537. The van der Waals surface area contributed by atoms with Gasteiger partial charge in [-0.25, -0.2) is 4.98 Å². The van der Waals surface area contributed by atoms with E-state index in [4.69, 9.17) is 0 Å². The summed E-state index contributed by atoms with van der Waals surface area (Å²) >= 11 is 0. The molecule has 0 radical (unpaired) electrons. The van der Waals surface area contributed by atoms with Crippen molar-refractivity contribution in [1.82, 2.24) is 15.3 Å². The van der Waals surface area contributed by atoms with Gasteiger partial charge in [-0.2, -0.15) is 0 Å². The van der Waals surface area contributed by atoms with Crippen LogP contribution in [0.5, 0.6) is 5.75 Å². The van der Waals surface area contributed by atoms with E-state index < -0.39 is 0 Å². The summed E-state index contributed by atoms with van der Waals surface area (Å²) in [7, 11) is 1.50. The van der Waals surface area contributed by atoms with Crippen LogP contribution in [0.25, 0.3) is 11.3 Å². The van der Waals surface area contributed by atoms with Crippen molar-refractivity contribution in [3.63, 3.8) is 0 Å². The van der Waals surface area contributed by atoms with E-state index in [9.17, 15) is 5.11 Å². The highest BCUT2D eigenvalue weighted by Crippen LogP contribution is 2.26. The Labute approximate surface area is 126 Å². The predicted molar refractivity (Wildman–Crippen MR) is 87.2 cm³/mol. The lowest BCUT2D eigenvalue weighted by Crippen LogP contribution is -2.14. The second kappa shape index (κ2) is 9.15. The maximum absolute atomic E-state index is 9.53. The number of H-pyrrole nitrogens is 1. The molecule has 0 unspecified atom stereocenters. The van der Waals surface area contributed by atoms with E-state index in [0.717, 1.165) is 48.6 Å². The number of imidazole rings is 1. The number of benzene rings is 1. The molecule has 116 valence electrons. The molecule has 0 amide bonds. The van der Waals surface area contributed by atoms with E-state index in [0.29, 0.717) is 5.75 Å². The standard InChI is InChI=1S/C15H21N3O.CH5N/c1-3-7-16-10-15-17-9-14(18-15)13-6-5-12(19)8-11(13)4-2;1-2/h5-6,8-9,16,19H,3-4,7,10H2,1-2H3,(H,17,18);2H2,1H3. The highest BCUT2D eigenvalue weighted by molar-refractivity contribution is 5.64. The number of phenols is 1. The molecule has 0 aliphatic heterocycles. The summed E-state index contributed by atoms with van der Waals surface area (Å²) in [5, 5.41) is 12.8. The lowest BCUT2D eigenvalue weighted by Gasteiger charge is -2.06.